The first-order chi connectivity index (χ1) is 12.7. The molecule has 0 aliphatic heterocycles. The summed E-state index contributed by atoms with van der Waals surface area (Å²) in [6.45, 7) is 2.27. The molecular formula is C19H23F3N4O. The summed E-state index contributed by atoms with van der Waals surface area (Å²) in [5.74, 6) is -0.249. The third kappa shape index (κ3) is 4.50. The highest BCUT2D eigenvalue weighted by Crippen LogP contribution is 2.31. The Bertz CT molecular complexity index is 796. The van der Waals surface area contributed by atoms with Gasteiger partial charge in [-0.1, -0.05) is 25.0 Å². The Labute approximate surface area is 155 Å². The maximum absolute atomic E-state index is 12.6. The van der Waals surface area contributed by atoms with Gasteiger partial charge >= 0.3 is 6.18 Å². The van der Waals surface area contributed by atoms with Gasteiger partial charge in [-0.15, -0.1) is 0 Å². The van der Waals surface area contributed by atoms with Gasteiger partial charge in [0.1, 0.15) is 0 Å². The summed E-state index contributed by atoms with van der Waals surface area (Å²) in [4.78, 5) is 12.5. The van der Waals surface area contributed by atoms with E-state index in [4.69, 9.17) is 5.73 Å². The lowest BCUT2D eigenvalue weighted by Crippen LogP contribution is -2.52. The molecule has 27 heavy (non-hydrogen) atoms. The van der Waals surface area contributed by atoms with E-state index >= 15 is 0 Å². The Balaban J connectivity index is 1.61. The normalized spacial score (nSPS) is 23.2. The van der Waals surface area contributed by atoms with Gasteiger partial charge in [0.05, 0.1) is 11.6 Å². The first-order valence-corrected chi connectivity index (χ1v) is 8.95. The number of alkyl halides is 3. The van der Waals surface area contributed by atoms with E-state index in [1.165, 1.54) is 10.9 Å². The van der Waals surface area contributed by atoms with E-state index in [0.717, 1.165) is 37.3 Å². The summed E-state index contributed by atoms with van der Waals surface area (Å²) in [7, 11) is 0. The highest BCUT2D eigenvalue weighted by molar-refractivity contribution is 5.80. The van der Waals surface area contributed by atoms with E-state index in [9.17, 15) is 18.0 Å². The minimum absolute atomic E-state index is 0.0503. The molecular weight excluding hydrogens is 357 g/mol. The summed E-state index contributed by atoms with van der Waals surface area (Å²) in [5, 5.41) is 6.46. The molecule has 3 rings (SSSR count). The van der Waals surface area contributed by atoms with Crippen molar-refractivity contribution in [1.29, 1.82) is 0 Å². The summed E-state index contributed by atoms with van der Waals surface area (Å²) in [6.07, 6.45) is 0.476. The number of carbonyl (C=O) groups is 1. The molecule has 1 aliphatic carbocycles. The first kappa shape index (κ1) is 19.4. The van der Waals surface area contributed by atoms with Crippen LogP contribution < -0.4 is 11.1 Å². The number of nitrogens with two attached hydrogens (primary N) is 1. The number of rotatable bonds is 4. The second-order valence-corrected chi connectivity index (χ2v) is 7.33. The molecule has 0 radical (unpaired) electrons. The molecule has 2 aromatic rings. The van der Waals surface area contributed by atoms with E-state index in [1.807, 2.05) is 6.92 Å². The highest BCUT2D eigenvalue weighted by Gasteiger charge is 2.37. The van der Waals surface area contributed by atoms with Gasteiger partial charge in [-0.2, -0.15) is 18.3 Å². The van der Waals surface area contributed by atoms with E-state index in [-0.39, 0.29) is 11.8 Å². The molecule has 1 amide bonds. The van der Waals surface area contributed by atoms with E-state index in [1.54, 1.807) is 24.3 Å². The van der Waals surface area contributed by atoms with Crippen LogP contribution in [-0.2, 0) is 17.5 Å². The van der Waals surface area contributed by atoms with E-state index < -0.39 is 17.4 Å². The number of carbonyl (C=O) groups excluding carboxylic acids is 1. The number of nitrogens with one attached hydrogen (secondary N) is 1. The largest absolute Gasteiger partial charge is 0.435 e. The van der Waals surface area contributed by atoms with Crippen molar-refractivity contribution in [3.8, 4) is 5.69 Å². The Hall–Kier alpha value is -2.35. The SMILES string of the molecule is CC1(N)CCCCC1C(=O)NCc1ccc(-n2ccc(C(F)(F)F)n2)cc1. The third-order valence-corrected chi connectivity index (χ3v) is 5.12. The van der Waals surface area contributed by atoms with Gasteiger partial charge < -0.3 is 11.1 Å². The summed E-state index contributed by atoms with van der Waals surface area (Å²) >= 11 is 0. The summed E-state index contributed by atoms with van der Waals surface area (Å²) < 4.78 is 39.1. The van der Waals surface area contributed by atoms with Crippen LogP contribution in [0.2, 0.25) is 0 Å². The van der Waals surface area contributed by atoms with Crippen LogP contribution in [0, 0.1) is 5.92 Å². The lowest BCUT2D eigenvalue weighted by atomic mass is 9.74. The Morgan fingerprint density at radius 3 is 2.59 bits per heavy atom. The molecule has 0 bridgehead atoms. The zero-order valence-corrected chi connectivity index (χ0v) is 15.1. The van der Waals surface area contributed by atoms with Crippen LogP contribution in [0.5, 0.6) is 0 Å². The van der Waals surface area contributed by atoms with Crippen molar-refractivity contribution in [3.63, 3.8) is 0 Å². The minimum Gasteiger partial charge on any atom is -0.352 e. The third-order valence-electron chi connectivity index (χ3n) is 5.12. The fourth-order valence-electron chi connectivity index (χ4n) is 3.49. The van der Waals surface area contributed by atoms with Crippen LogP contribution >= 0.6 is 0 Å². The summed E-state index contributed by atoms with van der Waals surface area (Å²) in [5.41, 5.74) is 6.21. The number of benzene rings is 1. The van der Waals surface area contributed by atoms with E-state index in [0.29, 0.717) is 12.2 Å². The van der Waals surface area contributed by atoms with Gasteiger partial charge in [0.25, 0.3) is 0 Å². The maximum Gasteiger partial charge on any atom is 0.435 e. The van der Waals surface area contributed by atoms with Crippen LogP contribution in [0.4, 0.5) is 13.2 Å². The molecule has 1 saturated carbocycles. The maximum atomic E-state index is 12.6. The molecule has 5 nitrogen and oxygen atoms in total. The molecule has 1 aromatic carbocycles. The Morgan fingerprint density at radius 1 is 1.30 bits per heavy atom. The fourth-order valence-corrected chi connectivity index (χ4v) is 3.49. The van der Waals surface area contributed by atoms with Crippen molar-refractivity contribution in [2.24, 2.45) is 11.7 Å². The quantitative estimate of drug-likeness (QED) is 0.854. The van der Waals surface area contributed by atoms with Gasteiger partial charge in [-0.05, 0) is 43.5 Å². The van der Waals surface area contributed by atoms with Crippen molar-refractivity contribution >= 4 is 5.91 Å². The Kier molecular flexibility index (Phi) is 5.28. The number of aromatic nitrogens is 2. The average Bonchev–Trinajstić information content (AvgIpc) is 3.10. The van der Waals surface area contributed by atoms with Gasteiger partial charge in [-0.3, -0.25) is 4.79 Å². The molecule has 146 valence electrons. The predicted molar refractivity (Wildman–Crippen MR) is 95.0 cm³/mol. The van der Waals surface area contributed by atoms with E-state index in [2.05, 4.69) is 10.4 Å². The second-order valence-electron chi connectivity index (χ2n) is 7.33. The molecule has 2 atom stereocenters. The smallest absolute Gasteiger partial charge is 0.352 e. The highest BCUT2D eigenvalue weighted by atomic mass is 19.4. The van der Waals surface area contributed by atoms with Crippen molar-refractivity contribution in [2.75, 3.05) is 0 Å². The molecule has 2 unspecified atom stereocenters. The Morgan fingerprint density at radius 2 is 2.00 bits per heavy atom. The lowest BCUT2D eigenvalue weighted by molar-refractivity contribution is -0.141. The van der Waals surface area contributed by atoms with Gasteiger partial charge in [0, 0.05) is 18.3 Å². The van der Waals surface area contributed by atoms with Crippen molar-refractivity contribution in [2.45, 2.75) is 50.9 Å². The number of hydrogen-bond acceptors (Lipinski definition) is 3. The van der Waals surface area contributed by atoms with Gasteiger partial charge in [0.2, 0.25) is 5.91 Å². The van der Waals surface area contributed by atoms with Crippen LogP contribution in [0.1, 0.15) is 43.9 Å². The van der Waals surface area contributed by atoms with Gasteiger partial charge in [-0.25, -0.2) is 4.68 Å². The molecule has 8 heteroatoms. The zero-order valence-electron chi connectivity index (χ0n) is 15.1. The van der Waals surface area contributed by atoms with Crippen LogP contribution in [-0.4, -0.2) is 21.2 Å². The number of hydrogen-bond donors (Lipinski definition) is 2. The van der Waals surface area contributed by atoms with Crippen LogP contribution in [0.25, 0.3) is 5.69 Å². The number of halogens is 3. The molecule has 1 fully saturated rings. The molecule has 0 spiro atoms. The topological polar surface area (TPSA) is 72.9 Å². The van der Waals surface area contributed by atoms with Crippen molar-refractivity contribution in [3.05, 3.63) is 47.8 Å². The van der Waals surface area contributed by atoms with Crippen molar-refractivity contribution < 1.29 is 18.0 Å². The molecule has 0 saturated heterocycles. The van der Waals surface area contributed by atoms with Crippen LogP contribution in [0.15, 0.2) is 36.5 Å². The standard InChI is InChI=1S/C19H23F3N4O/c1-18(23)10-3-2-4-15(18)17(27)24-12-13-5-7-14(8-6-13)26-11-9-16(25-26)19(20,21)22/h5-9,11,15H,2-4,10,12,23H2,1H3,(H,24,27). The molecule has 1 aliphatic rings. The summed E-state index contributed by atoms with van der Waals surface area (Å²) in [6, 6.07) is 7.78. The molecule has 1 aromatic heterocycles. The molecule has 1 heterocycles. The molecule has 3 N–H and O–H groups in total. The second kappa shape index (κ2) is 7.34. The van der Waals surface area contributed by atoms with Gasteiger partial charge in [0.15, 0.2) is 5.69 Å². The van der Waals surface area contributed by atoms with Crippen molar-refractivity contribution in [1.82, 2.24) is 15.1 Å². The average molecular weight is 380 g/mol. The first-order valence-electron chi connectivity index (χ1n) is 8.95. The monoisotopic (exact) mass is 380 g/mol. The zero-order chi connectivity index (χ0) is 19.7. The number of amides is 1. The fraction of sp³-hybridized carbons (Fsp3) is 0.474. The number of nitrogens with zero attached hydrogens (tertiary/aromatic N) is 2. The lowest BCUT2D eigenvalue weighted by Gasteiger charge is -2.37. The minimum atomic E-state index is -4.47. The predicted octanol–water partition coefficient (Wildman–Crippen LogP) is 3.41. The van der Waals surface area contributed by atoms with Crippen LogP contribution in [0.3, 0.4) is 0 Å².